The van der Waals surface area contributed by atoms with Gasteiger partial charge in [0.2, 0.25) is 0 Å². The van der Waals surface area contributed by atoms with Crippen molar-refractivity contribution in [1.82, 2.24) is 4.98 Å². The molecule has 1 aromatic heterocycles. The van der Waals surface area contributed by atoms with Crippen molar-refractivity contribution in [1.29, 1.82) is 5.26 Å². The quantitative estimate of drug-likeness (QED) is 0.639. The Morgan fingerprint density at radius 1 is 1.62 bits per heavy atom. The Balaban J connectivity index is 2.32. The van der Waals surface area contributed by atoms with E-state index in [1.54, 1.807) is 0 Å². The molecule has 1 aliphatic rings. The molecule has 1 heterocycles. The Labute approximate surface area is 82.0 Å². The molecule has 3 heteroatoms. The van der Waals surface area contributed by atoms with Crippen molar-refractivity contribution in [2.45, 2.75) is 24.5 Å². The lowest BCUT2D eigenvalue weighted by molar-refractivity contribution is 0.658. The largest absolute Gasteiger partial charge is 0.261 e. The highest BCUT2D eigenvalue weighted by Crippen LogP contribution is 2.37. The number of aromatic nitrogens is 1. The maximum Gasteiger partial charge on any atom is 0.133 e. The zero-order valence-electron chi connectivity index (χ0n) is 7.23. The van der Waals surface area contributed by atoms with Crippen LogP contribution in [0, 0.1) is 10.7 Å². The van der Waals surface area contributed by atoms with Crippen molar-refractivity contribution in [2.75, 3.05) is 0 Å². The van der Waals surface area contributed by atoms with Gasteiger partial charge in [-0.05, 0) is 42.7 Å². The molecule has 0 fully saturated rings. The number of nitrogens with zero attached hydrogens (tertiary/aromatic N) is 2. The van der Waals surface area contributed by atoms with Gasteiger partial charge in [0, 0.05) is 17.1 Å². The normalized spacial score (nSPS) is 20.4. The Kier molecular flexibility index (Phi) is 2.51. The first-order chi connectivity index (χ1) is 6.42. The molecule has 2 rings (SSSR count). The summed E-state index contributed by atoms with van der Waals surface area (Å²) in [4.78, 5) is 4.33. The number of thioether (sulfide) groups is 1. The van der Waals surface area contributed by atoms with E-state index in [0.29, 0.717) is 5.25 Å². The first-order valence-electron chi connectivity index (χ1n) is 4.40. The van der Waals surface area contributed by atoms with Gasteiger partial charge in [-0.1, -0.05) is 6.07 Å². The van der Waals surface area contributed by atoms with Gasteiger partial charge in [0.05, 0.1) is 0 Å². The molecule has 0 N–H and O–H groups in total. The van der Waals surface area contributed by atoms with Gasteiger partial charge in [-0.15, -0.1) is 0 Å². The van der Waals surface area contributed by atoms with Crippen LogP contribution in [0.5, 0.6) is 0 Å². The van der Waals surface area contributed by atoms with Gasteiger partial charge in [-0.3, -0.25) is 4.98 Å². The highest BCUT2D eigenvalue weighted by atomic mass is 32.2. The van der Waals surface area contributed by atoms with Crippen LogP contribution in [0.2, 0.25) is 0 Å². The number of rotatable bonds is 1. The van der Waals surface area contributed by atoms with Crippen molar-refractivity contribution in [2.24, 2.45) is 0 Å². The molecule has 2 nitrogen and oxygen atoms in total. The Morgan fingerprint density at radius 2 is 2.54 bits per heavy atom. The van der Waals surface area contributed by atoms with Gasteiger partial charge >= 0.3 is 0 Å². The summed E-state index contributed by atoms with van der Waals surface area (Å²) in [5.74, 6) is 0. The van der Waals surface area contributed by atoms with E-state index in [1.165, 1.54) is 23.0 Å². The number of hydrogen-bond acceptors (Lipinski definition) is 3. The van der Waals surface area contributed by atoms with Crippen LogP contribution in [-0.4, -0.2) is 4.98 Å². The molecule has 0 aromatic carbocycles. The first kappa shape index (κ1) is 8.58. The van der Waals surface area contributed by atoms with Gasteiger partial charge in [-0.2, -0.15) is 5.26 Å². The zero-order valence-corrected chi connectivity index (χ0v) is 8.05. The van der Waals surface area contributed by atoms with E-state index in [0.717, 1.165) is 19.3 Å². The van der Waals surface area contributed by atoms with E-state index in [4.69, 9.17) is 5.26 Å². The summed E-state index contributed by atoms with van der Waals surface area (Å²) in [5.41, 5.74) is 2.45. The van der Waals surface area contributed by atoms with Gasteiger partial charge in [0.15, 0.2) is 0 Å². The van der Waals surface area contributed by atoms with Crippen molar-refractivity contribution < 1.29 is 0 Å². The predicted molar refractivity (Wildman–Crippen MR) is 53.1 cm³/mol. The average molecular weight is 190 g/mol. The minimum atomic E-state index is 0.349. The molecule has 0 amide bonds. The Hall–Kier alpha value is -1.01. The molecule has 13 heavy (non-hydrogen) atoms. The minimum Gasteiger partial charge on any atom is -0.261 e. The van der Waals surface area contributed by atoms with E-state index < -0.39 is 0 Å². The number of thiocyanates is 1. The molecule has 1 aliphatic carbocycles. The van der Waals surface area contributed by atoms with Crippen LogP contribution in [-0.2, 0) is 6.42 Å². The second-order valence-corrected chi connectivity index (χ2v) is 4.12. The molecule has 0 radical (unpaired) electrons. The van der Waals surface area contributed by atoms with Crippen LogP contribution >= 0.6 is 11.8 Å². The molecular formula is C10H10N2S. The van der Waals surface area contributed by atoms with Crippen LogP contribution < -0.4 is 0 Å². The monoisotopic (exact) mass is 190 g/mol. The lowest BCUT2D eigenvalue weighted by Crippen LogP contribution is -2.08. The van der Waals surface area contributed by atoms with Crippen molar-refractivity contribution >= 4 is 11.8 Å². The number of aryl methyl sites for hydroxylation is 1. The molecule has 1 atom stereocenters. The van der Waals surface area contributed by atoms with Crippen molar-refractivity contribution in [3.05, 3.63) is 29.6 Å². The van der Waals surface area contributed by atoms with Gasteiger partial charge in [0.25, 0.3) is 0 Å². The van der Waals surface area contributed by atoms with Crippen molar-refractivity contribution in [3.63, 3.8) is 0 Å². The van der Waals surface area contributed by atoms with Crippen LogP contribution in [0.25, 0.3) is 0 Å². The first-order valence-corrected chi connectivity index (χ1v) is 5.28. The SMILES string of the molecule is N#CSC1CCCc2ncccc21. The molecule has 66 valence electrons. The molecule has 0 saturated carbocycles. The lowest BCUT2D eigenvalue weighted by Gasteiger charge is -2.21. The summed E-state index contributed by atoms with van der Waals surface area (Å²) in [6, 6.07) is 4.05. The minimum absolute atomic E-state index is 0.349. The average Bonchev–Trinajstić information content (AvgIpc) is 2.19. The van der Waals surface area contributed by atoms with Gasteiger partial charge in [-0.25, -0.2) is 0 Å². The maximum absolute atomic E-state index is 8.64. The number of pyridine rings is 1. The highest BCUT2D eigenvalue weighted by Gasteiger charge is 2.20. The standard InChI is InChI=1S/C10H10N2S/c11-7-13-10-5-1-4-9-8(10)3-2-6-12-9/h2-3,6,10H,1,4-5H2. The van der Waals surface area contributed by atoms with Crippen molar-refractivity contribution in [3.8, 4) is 5.40 Å². The van der Waals surface area contributed by atoms with E-state index >= 15 is 0 Å². The topological polar surface area (TPSA) is 36.7 Å². The molecule has 0 saturated heterocycles. The summed E-state index contributed by atoms with van der Waals surface area (Å²) in [6.07, 6.45) is 5.16. The molecule has 1 aromatic rings. The molecule has 0 spiro atoms. The third-order valence-corrected chi connectivity index (χ3v) is 3.23. The Morgan fingerprint density at radius 3 is 3.38 bits per heavy atom. The second-order valence-electron chi connectivity index (χ2n) is 3.13. The van der Waals surface area contributed by atoms with Gasteiger partial charge in [0.1, 0.15) is 5.40 Å². The zero-order chi connectivity index (χ0) is 9.10. The van der Waals surface area contributed by atoms with Crippen LogP contribution in [0.15, 0.2) is 18.3 Å². The second kappa shape index (κ2) is 3.80. The predicted octanol–water partition coefficient (Wildman–Crippen LogP) is 2.67. The Bertz CT molecular complexity index is 343. The van der Waals surface area contributed by atoms with E-state index in [-0.39, 0.29) is 0 Å². The lowest BCUT2D eigenvalue weighted by atomic mass is 9.96. The molecule has 1 unspecified atom stereocenters. The summed E-state index contributed by atoms with van der Waals surface area (Å²) in [5, 5.41) is 11.2. The number of fused-ring (bicyclic) bond motifs is 1. The smallest absolute Gasteiger partial charge is 0.133 e. The summed E-state index contributed by atoms with van der Waals surface area (Å²) < 4.78 is 0. The van der Waals surface area contributed by atoms with E-state index in [2.05, 4.69) is 16.5 Å². The number of hydrogen-bond donors (Lipinski definition) is 0. The van der Waals surface area contributed by atoms with Gasteiger partial charge < -0.3 is 0 Å². The van der Waals surface area contributed by atoms with Crippen LogP contribution in [0.1, 0.15) is 29.3 Å². The fraction of sp³-hybridized carbons (Fsp3) is 0.400. The van der Waals surface area contributed by atoms with Crippen LogP contribution in [0.4, 0.5) is 0 Å². The third kappa shape index (κ3) is 1.68. The summed E-state index contributed by atoms with van der Waals surface area (Å²) in [7, 11) is 0. The number of nitriles is 1. The van der Waals surface area contributed by atoms with Crippen LogP contribution in [0.3, 0.4) is 0 Å². The fourth-order valence-corrected chi connectivity index (χ4v) is 2.50. The summed E-state index contributed by atoms with van der Waals surface area (Å²) in [6.45, 7) is 0. The highest BCUT2D eigenvalue weighted by molar-refractivity contribution is 8.03. The van der Waals surface area contributed by atoms with E-state index in [1.807, 2.05) is 12.3 Å². The molecule has 0 bridgehead atoms. The molecule has 0 aliphatic heterocycles. The van der Waals surface area contributed by atoms with E-state index in [9.17, 15) is 0 Å². The summed E-state index contributed by atoms with van der Waals surface area (Å²) >= 11 is 1.36. The fourth-order valence-electron chi connectivity index (χ4n) is 1.75. The third-order valence-electron chi connectivity index (χ3n) is 2.35. The molecular weight excluding hydrogens is 180 g/mol. The maximum atomic E-state index is 8.64.